The third-order valence-corrected chi connectivity index (χ3v) is 3.62. The van der Waals surface area contributed by atoms with E-state index in [0.717, 1.165) is 18.9 Å². The van der Waals surface area contributed by atoms with Crippen LogP contribution in [-0.2, 0) is 9.59 Å². The number of aromatic nitrogens is 2. The van der Waals surface area contributed by atoms with Gasteiger partial charge in [0, 0.05) is 30.5 Å². The van der Waals surface area contributed by atoms with Gasteiger partial charge in [-0.15, -0.1) is 0 Å². The summed E-state index contributed by atoms with van der Waals surface area (Å²) >= 11 is 0. The number of hydrogen-bond acceptors (Lipinski definition) is 4. The van der Waals surface area contributed by atoms with Crippen LogP contribution in [0.1, 0.15) is 11.7 Å². The van der Waals surface area contributed by atoms with E-state index in [1.807, 2.05) is 12.3 Å². The Kier molecular flexibility index (Phi) is 8.39. The highest BCUT2D eigenvalue weighted by atomic mass is 19.4. The van der Waals surface area contributed by atoms with Crippen LogP contribution >= 0.6 is 0 Å². The van der Waals surface area contributed by atoms with Crippen LogP contribution in [-0.4, -0.2) is 57.1 Å². The van der Waals surface area contributed by atoms with E-state index in [1.165, 1.54) is 11.3 Å². The predicted octanol–water partition coefficient (Wildman–Crippen LogP) is 3.27. The van der Waals surface area contributed by atoms with E-state index >= 15 is 0 Å². The summed E-state index contributed by atoms with van der Waals surface area (Å²) in [6.45, 7) is 4.23. The second-order valence-corrected chi connectivity index (χ2v) is 5.88. The summed E-state index contributed by atoms with van der Waals surface area (Å²) in [6, 6.07) is 11.0. The Hall–Kier alpha value is -3.09. The van der Waals surface area contributed by atoms with E-state index in [4.69, 9.17) is 19.8 Å². The second-order valence-electron chi connectivity index (χ2n) is 5.88. The van der Waals surface area contributed by atoms with Gasteiger partial charge in [-0.3, -0.25) is 0 Å². The molecule has 0 atom stereocenters. The quantitative estimate of drug-likeness (QED) is 0.618. The van der Waals surface area contributed by atoms with E-state index in [9.17, 15) is 26.3 Å². The zero-order chi connectivity index (χ0) is 23.1. The largest absolute Gasteiger partial charge is 0.490 e. The van der Waals surface area contributed by atoms with Gasteiger partial charge in [-0.05, 0) is 6.92 Å². The van der Waals surface area contributed by atoms with E-state index in [2.05, 4.69) is 46.1 Å². The fourth-order valence-electron chi connectivity index (χ4n) is 2.16. The average Bonchev–Trinajstić information content (AvgIpc) is 2.95. The van der Waals surface area contributed by atoms with Crippen molar-refractivity contribution < 1.29 is 46.1 Å². The first-order chi connectivity index (χ1) is 13.7. The maximum Gasteiger partial charge on any atom is 0.490 e. The second kappa shape index (κ2) is 10.1. The predicted molar refractivity (Wildman–Crippen MR) is 91.7 cm³/mol. The number of halogens is 6. The summed E-state index contributed by atoms with van der Waals surface area (Å²) in [5, 5.41) is 17.6. The molecule has 1 fully saturated rings. The molecule has 30 heavy (non-hydrogen) atoms. The Morgan fingerprint density at radius 3 is 1.77 bits per heavy atom. The molecule has 0 unspecified atom stereocenters. The van der Waals surface area contributed by atoms with Crippen molar-refractivity contribution >= 4 is 11.9 Å². The third kappa shape index (κ3) is 7.39. The molecule has 3 N–H and O–H groups in total. The Bertz CT molecular complexity index is 821. The topological polar surface area (TPSA) is 104 Å². The summed E-state index contributed by atoms with van der Waals surface area (Å²) in [5.41, 5.74) is 2.44. The van der Waals surface area contributed by atoms with Crippen LogP contribution < -0.4 is 5.32 Å². The first-order valence-corrected chi connectivity index (χ1v) is 8.15. The molecule has 1 aromatic carbocycles. The lowest BCUT2D eigenvalue weighted by Crippen LogP contribution is -2.43. The van der Waals surface area contributed by atoms with Crippen molar-refractivity contribution in [3.8, 4) is 11.4 Å². The normalized spacial score (nSPS) is 13.8. The summed E-state index contributed by atoms with van der Waals surface area (Å²) in [7, 11) is 0. The molecule has 0 spiro atoms. The lowest BCUT2D eigenvalue weighted by atomic mass is 10.1. The van der Waals surface area contributed by atoms with Crippen LogP contribution in [0, 0.1) is 6.92 Å². The number of carbonyl (C=O) groups is 2. The Balaban J connectivity index is 0.000000271. The number of hydrogen-bond donors (Lipinski definition) is 3. The summed E-state index contributed by atoms with van der Waals surface area (Å²) in [5.74, 6) is -4.43. The molecule has 1 aromatic heterocycles. The van der Waals surface area contributed by atoms with Gasteiger partial charge in [0.1, 0.15) is 5.82 Å². The number of benzene rings is 1. The molecule has 3 rings (SSSR count). The Morgan fingerprint density at radius 2 is 1.43 bits per heavy atom. The van der Waals surface area contributed by atoms with Crippen molar-refractivity contribution in [1.82, 2.24) is 14.9 Å². The fraction of sp³-hybridized carbons (Fsp3) is 0.353. The minimum Gasteiger partial charge on any atom is -0.475 e. The van der Waals surface area contributed by atoms with Crippen LogP contribution in [0.2, 0.25) is 0 Å². The van der Waals surface area contributed by atoms with Gasteiger partial charge in [0.25, 0.3) is 0 Å². The van der Waals surface area contributed by atoms with Gasteiger partial charge in [-0.1, -0.05) is 30.3 Å². The van der Waals surface area contributed by atoms with Gasteiger partial charge in [0.15, 0.2) is 0 Å². The summed E-state index contributed by atoms with van der Waals surface area (Å²) in [6.07, 6.45) is -8.21. The smallest absolute Gasteiger partial charge is 0.475 e. The highest BCUT2D eigenvalue weighted by Crippen LogP contribution is 2.25. The van der Waals surface area contributed by atoms with Crippen molar-refractivity contribution in [1.29, 1.82) is 0 Å². The van der Waals surface area contributed by atoms with Gasteiger partial charge in [-0.25, -0.2) is 14.6 Å². The lowest BCUT2D eigenvalue weighted by molar-refractivity contribution is -0.193. The van der Waals surface area contributed by atoms with E-state index in [1.54, 1.807) is 0 Å². The zero-order valence-corrected chi connectivity index (χ0v) is 15.3. The minimum absolute atomic E-state index is 0.567. The van der Waals surface area contributed by atoms with Gasteiger partial charge < -0.3 is 20.1 Å². The molecular formula is C17H17F6N3O4. The molecule has 1 aliphatic rings. The first-order valence-electron chi connectivity index (χ1n) is 8.15. The molecule has 0 bridgehead atoms. The van der Waals surface area contributed by atoms with Crippen molar-refractivity contribution in [3.05, 3.63) is 42.2 Å². The Morgan fingerprint density at radius 1 is 1.00 bits per heavy atom. The molecule has 2 aromatic rings. The number of nitrogens with one attached hydrogen (secondary N) is 1. The van der Waals surface area contributed by atoms with Crippen molar-refractivity contribution in [2.24, 2.45) is 0 Å². The molecule has 0 radical (unpaired) electrons. The molecule has 166 valence electrons. The maximum atomic E-state index is 10.6. The molecule has 7 nitrogen and oxygen atoms in total. The number of imidazole rings is 1. The number of aryl methyl sites for hydroxylation is 1. The first kappa shape index (κ1) is 24.9. The molecule has 0 amide bonds. The molecule has 13 heteroatoms. The monoisotopic (exact) mass is 441 g/mol. The Labute approximate surface area is 166 Å². The van der Waals surface area contributed by atoms with Gasteiger partial charge in [0.2, 0.25) is 0 Å². The number of nitrogens with zero attached hydrogens (tertiary/aromatic N) is 2. The van der Waals surface area contributed by atoms with Gasteiger partial charge in [-0.2, -0.15) is 26.3 Å². The number of aliphatic carboxylic acids is 2. The number of carboxylic acid groups (broad SMARTS) is 2. The minimum atomic E-state index is -5.08. The van der Waals surface area contributed by atoms with Crippen LogP contribution in [0.15, 0.2) is 36.5 Å². The summed E-state index contributed by atoms with van der Waals surface area (Å²) in [4.78, 5) is 22.3. The van der Waals surface area contributed by atoms with Crippen LogP contribution in [0.25, 0.3) is 11.4 Å². The summed E-state index contributed by atoms with van der Waals surface area (Å²) < 4.78 is 65.8. The molecule has 1 saturated heterocycles. The fourth-order valence-corrected chi connectivity index (χ4v) is 2.16. The molecule has 0 aliphatic carbocycles. The van der Waals surface area contributed by atoms with Gasteiger partial charge in [0.05, 0.1) is 6.04 Å². The third-order valence-electron chi connectivity index (χ3n) is 3.62. The van der Waals surface area contributed by atoms with Crippen molar-refractivity contribution in [2.75, 3.05) is 13.1 Å². The SMILES string of the molecule is Cc1cnc(-c2ccccc2)n1C1CNC1.O=C(O)C(F)(F)F.O=C(O)C(F)(F)F. The highest BCUT2D eigenvalue weighted by Gasteiger charge is 2.38. The van der Waals surface area contributed by atoms with E-state index < -0.39 is 24.3 Å². The highest BCUT2D eigenvalue weighted by molar-refractivity contribution is 5.73. The van der Waals surface area contributed by atoms with E-state index in [0.29, 0.717) is 6.04 Å². The average molecular weight is 441 g/mol. The molecule has 2 heterocycles. The van der Waals surface area contributed by atoms with Crippen LogP contribution in [0.4, 0.5) is 26.3 Å². The molecular weight excluding hydrogens is 424 g/mol. The maximum absolute atomic E-state index is 10.6. The number of alkyl halides is 6. The van der Waals surface area contributed by atoms with E-state index in [-0.39, 0.29) is 0 Å². The van der Waals surface area contributed by atoms with Gasteiger partial charge >= 0.3 is 24.3 Å². The molecule has 1 aliphatic heterocycles. The number of carboxylic acids is 2. The standard InChI is InChI=1S/C13H15N3.2C2HF3O2/c1-10-7-15-13(11-5-3-2-4-6-11)16(10)12-8-14-9-12;2*3-2(4,5)1(6)7/h2-7,12,14H,8-9H2,1H3;2*(H,6,7). The molecule has 0 saturated carbocycles. The van der Waals surface area contributed by atoms with Crippen molar-refractivity contribution in [2.45, 2.75) is 25.3 Å². The van der Waals surface area contributed by atoms with Crippen LogP contribution in [0.3, 0.4) is 0 Å². The number of rotatable bonds is 2. The van der Waals surface area contributed by atoms with Crippen molar-refractivity contribution in [3.63, 3.8) is 0 Å². The zero-order valence-electron chi connectivity index (χ0n) is 15.3. The lowest BCUT2D eigenvalue weighted by Gasteiger charge is -2.31. The van der Waals surface area contributed by atoms with Crippen LogP contribution in [0.5, 0.6) is 0 Å².